The molecule has 1 aromatic carbocycles. The fourth-order valence-corrected chi connectivity index (χ4v) is 2.10. The van der Waals surface area contributed by atoms with E-state index in [0.717, 1.165) is 24.6 Å². The molecule has 3 nitrogen and oxygen atoms in total. The predicted molar refractivity (Wildman–Crippen MR) is 62.6 cm³/mol. The summed E-state index contributed by atoms with van der Waals surface area (Å²) >= 11 is 0. The highest BCUT2D eigenvalue weighted by atomic mass is 19.1. The van der Waals surface area contributed by atoms with Gasteiger partial charge < -0.3 is 9.94 Å². The van der Waals surface area contributed by atoms with Crippen molar-refractivity contribution in [1.29, 1.82) is 0 Å². The Morgan fingerprint density at radius 3 is 2.33 bits per heavy atom. The van der Waals surface area contributed by atoms with Crippen LogP contribution in [0.15, 0.2) is 23.4 Å². The zero-order valence-electron chi connectivity index (χ0n) is 9.90. The molecule has 1 fully saturated rings. The third-order valence-corrected chi connectivity index (χ3v) is 3.06. The van der Waals surface area contributed by atoms with Crippen molar-refractivity contribution in [2.45, 2.75) is 38.4 Å². The molecular weight excluding hydrogens is 240 g/mol. The van der Waals surface area contributed by atoms with Crippen LogP contribution in [0, 0.1) is 11.6 Å². The lowest BCUT2D eigenvalue weighted by molar-refractivity contribution is 0.0275. The van der Waals surface area contributed by atoms with Crippen molar-refractivity contribution in [2.75, 3.05) is 0 Å². The van der Waals surface area contributed by atoms with E-state index in [4.69, 9.17) is 9.94 Å². The van der Waals surface area contributed by atoms with Crippen LogP contribution in [0.25, 0.3) is 0 Å². The third-order valence-electron chi connectivity index (χ3n) is 3.06. The SMILES string of the molecule is ON=C1CCC(OCc2cc(F)cc(F)c2)CC1. The third kappa shape index (κ3) is 3.50. The molecule has 0 spiro atoms. The molecule has 2 rings (SSSR count). The molecule has 5 heteroatoms. The van der Waals surface area contributed by atoms with Crippen LogP contribution >= 0.6 is 0 Å². The number of hydrogen-bond acceptors (Lipinski definition) is 3. The number of oxime groups is 1. The minimum Gasteiger partial charge on any atom is -0.411 e. The number of halogens is 2. The Kier molecular flexibility index (Phi) is 4.25. The van der Waals surface area contributed by atoms with E-state index in [9.17, 15) is 8.78 Å². The minimum absolute atomic E-state index is 0.0572. The molecule has 0 bridgehead atoms. The van der Waals surface area contributed by atoms with Crippen LogP contribution in [-0.4, -0.2) is 17.0 Å². The zero-order valence-corrected chi connectivity index (χ0v) is 9.90. The standard InChI is InChI=1S/C13H15F2NO2/c14-10-5-9(6-11(15)7-10)8-18-13-3-1-12(16-17)2-4-13/h5-7,13,17H,1-4,8H2. The smallest absolute Gasteiger partial charge is 0.126 e. The van der Waals surface area contributed by atoms with E-state index >= 15 is 0 Å². The summed E-state index contributed by atoms with van der Waals surface area (Å²) in [6, 6.07) is 3.38. The average molecular weight is 255 g/mol. The van der Waals surface area contributed by atoms with Crippen LogP contribution in [0.5, 0.6) is 0 Å². The summed E-state index contributed by atoms with van der Waals surface area (Å²) in [4.78, 5) is 0. The van der Waals surface area contributed by atoms with Crippen LogP contribution in [0.3, 0.4) is 0 Å². The van der Waals surface area contributed by atoms with Gasteiger partial charge in [-0.25, -0.2) is 8.78 Å². The molecule has 1 aliphatic rings. The maximum atomic E-state index is 13.0. The molecule has 0 aliphatic heterocycles. The molecule has 1 aliphatic carbocycles. The summed E-state index contributed by atoms with van der Waals surface area (Å²) in [6.07, 6.45) is 3.02. The minimum atomic E-state index is -0.591. The molecule has 98 valence electrons. The summed E-state index contributed by atoms with van der Waals surface area (Å²) in [5.74, 6) is -1.18. The van der Waals surface area contributed by atoms with Crippen LogP contribution < -0.4 is 0 Å². The van der Waals surface area contributed by atoms with Crippen molar-refractivity contribution in [3.05, 3.63) is 35.4 Å². The zero-order chi connectivity index (χ0) is 13.0. The highest BCUT2D eigenvalue weighted by Crippen LogP contribution is 2.20. The molecule has 0 heterocycles. The normalized spacial score (nSPS) is 19.9. The van der Waals surface area contributed by atoms with Gasteiger partial charge in [0.1, 0.15) is 11.6 Å². The summed E-state index contributed by atoms with van der Waals surface area (Å²) in [7, 11) is 0. The van der Waals surface area contributed by atoms with Gasteiger partial charge in [0.25, 0.3) is 0 Å². The highest BCUT2D eigenvalue weighted by Gasteiger charge is 2.18. The van der Waals surface area contributed by atoms with Gasteiger partial charge >= 0.3 is 0 Å². The Labute approximate surface area is 104 Å². The number of ether oxygens (including phenoxy) is 1. The van der Waals surface area contributed by atoms with Gasteiger partial charge in [-0.05, 0) is 43.4 Å². The molecule has 0 unspecified atom stereocenters. The summed E-state index contributed by atoms with van der Waals surface area (Å²) < 4.78 is 31.5. The van der Waals surface area contributed by atoms with Crippen LogP contribution in [0.4, 0.5) is 8.78 Å². The number of rotatable bonds is 3. The molecule has 1 N–H and O–H groups in total. The van der Waals surface area contributed by atoms with E-state index < -0.39 is 11.6 Å². The number of benzene rings is 1. The van der Waals surface area contributed by atoms with E-state index in [1.807, 2.05) is 0 Å². The maximum absolute atomic E-state index is 13.0. The van der Waals surface area contributed by atoms with Crippen molar-refractivity contribution >= 4 is 5.71 Å². The maximum Gasteiger partial charge on any atom is 0.126 e. The van der Waals surface area contributed by atoms with Gasteiger partial charge in [0, 0.05) is 6.07 Å². The molecule has 0 aromatic heterocycles. The molecule has 0 atom stereocenters. The number of hydrogen-bond donors (Lipinski definition) is 1. The van der Waals surface area contributed by atoms with Crippen LogP contribution in [0.2, 0.25) is 0 Å². The molecule has 0 amide bonds. The van der Waals surface area contributed by atoms with Crippen molar-refractivity contribution in [1.82, 2.24) is 0 Å². The first-order valence-electron chi connectivity index (χ1n) is 5.94. The highest BCUT2D eigenvalue weighted by molar-refractivity contribution is 5.84. The van der Waals surface area contributed by atoms with E-state index in [-0.39, 0.29) is 12.7 Å². The second-order valence-electron chi connectivity index (χ2n) is 4.45. The van der Waals surface area contributed by atoms with Gasteiger partial charge in [0.15, 0.2) is 0 Å². The first-order valence-corrected chi connectivity index (χ1v) is 5.94. The monoisotopic (exact) mass is 255 g/mol. The molecule has 1 aromatic rings. The van der Waals surface area contributed by atoms with Crippen molar-refractivity contribution in [3.8, 4) is 0 Å². The molecule has 18 heavy (non-hydrogen) atoms. The Hall–Kier alpha value is -1.49. The van der Waals surface area contributed by atoms with E-state index in [1.54, 1.807) is 0 Å². The van der Waals surface area contributed by atoms with Gasteiger partial charge in [0.05, 0.1) is 18.4 Å². The van der Waals surface area contributed by atoms with Gasteiger partial charge in [-0.3, -0.25) is 0 Å². The van der Waals surface area contributed by atoms with Crippen LogP contribution in [-0.2, 0) is 11.3 Å². The summed E-state index contributed by atoms with van der Waals surface area (Å²) in [5, 5.41) is 11.8. The van der Waals surface area contributed by atoms with Crippen molar-refractivity contribution in [3.63, 3.8) is 0 Å². The van der Waals surface area contributed by atoms with Crippen molar-refractivity contribution in [2.24, 2.45) is 5.16 Å². The lowest BCUT2D eigenvalue weighted by atomic mass is 9.96. The fourth-order valence-electron chi connectivity index (χ4n) is 2.10. The Morgan fingerprint density at radius 2 is 1.78 bits per heavy atom. The second-order valence-corrected chi connectivity index (χ2v) is 4.45. The van der Waals surface area contributed by atoms with E-state index in [2.05, 4.69) is 5.16 Å². The summed E-state index contributed by atoms with van der Waals surface area (Å²) in [6.45, 7) is 0.199. The van der Waals surface area contributed by atoms with Gasteiger partial charge in [-0.1, -0.05) is 5.16 Å². The lowest BCUT2D eigenvalue weighted by Gasteiger charge is -2.22. The topological polar surface area (TPSA) is 41.8 Å². The Morgan fingerprint density at radius 1 is 1.17 bits per heavy atom. The average Bonchev–Trinajstić information content (AvgIpc) is 2.36. The lowest BCUT2D eigenvalue weighted by Crippen LogP contribution is -2.21. The largest absolute Gasteiger partial charge is 0.411 e. The summed E-state index contributed by atoms with van der Waals surface area (Å²) in [5.41, 5.74) is 1.28. The Bertz CT molecular complexity index is 418. The number of nitrogens with zero attached hydrogens (tertiary/aromatic N) is 1. The van der Waals surface area contributed by atoms with Gasteiger partial charge in [0.2, 0.25) is 0 Å². The van der Waals surface area contributed by atoms with Crippen molar-refractivity contribution < 1.29 is 18.7 Å². The predicted octanol–water partition coefficient (Wildman–Crippen LogP) is 3.25. The van der Waals surface area contributed by atoms with E-state index in [1.165, 1.54) is 12.1 Å². The first kappa shape index (κ1) is 13.0. The van der Waals surface area contributed by atoms with E-state index in [0.29, 0.717) is 18.4 Å². The first-order chi connectivity index (χ1) is 8.67. The fraction of sp³-hybridized carbons (Fsp3) is 0.462. The van der Waals surface area contributed by atoms with Gasteiger partial charge in [-0.2, -0.15) is 0 Å². The molecule has 0 radical (unpaired) electrons. The molecule has 0 saturated heterocycles. The van der Waals surface area contributed by atoms with Gasteiger partial charge in [-0.15, -0.1) is 0 Å². The molecule has 1 saturated carbocycles. The second kappa shape index (κ2) is 5.91. The Balaban J connectivity index is 1.85. The van der Waals surface area contributed by atoms with Crippen LogP contribution in [0.1, 0.15) is 31.2 Å². The quantitative estimate of drug-likeness (QED) is 0.665. The molecular formula is C13H15F2NO2.